The van der Waals surface area contributed by atoms with Crippen LogP contribution in [0.1, 0.15) is 23.7 Å². The van der Waals surface area contributed by atoms with E-state index < -0.39 is 17.6 Å². The molecule has 3 nitrogen and oxygen atoms in total. The normalized spacial score (nSPS) is 11.5. The molecule has 0 aliphatic rings. The molecular weight excluding hydrogens is 392 g/mol. The van der Waals surface area contributed by atoms with Crippen molar-refractivity contribution in [2.75, 3.05) is 0 Å². The Morgan fingerprint density at radius 2 is 1.75 bits per heavy atom. The van der Waals surface area contributed by atoms with Crippen LogP contribution in [0.2, 0.25) is 0 Å². The maximum atomic E-state index is 13.3. The highest BCUT2D eigenvalue weighted by atomic mass is 32.2. The highest BCUT2D eigenvalue weighted by molar-refractivity contribution is 7.98. The molecule has 0 aliphatic carbocycles. The molecule has 146 valence electrons. The van der Waals surface area contributed by atoms with Gasteiger partial charge in [0.15, 0.2) is 5.16 Å². The minimum absolute atomic E-state index is 0.285. The Labute approximate surface area is 163 Å². The summed E-state index contributed by atoms with van der Waals surface area (Å²) in [5, 5.41) is 0.436. The summed E-state index contributed by atoms with van der Waals surface area (Å²) in [5.41, 5.74) is 0.781. The predicted molar refractivity (Wildman–Crippen MR) is 98.9 cm³/mol. The average molecular weight is 408 g/mol. The van der Waals surface area contributed by atoms with E-state index in [9.17, 15) is 17.6 Å². The first kappa shape index (κ1) is 20.1. The molecule has 0 spiro atoms. The molecule has 0 saturated heterocycles. The lowest BCUT2D eigenvalue weighted by Crippen LogP contribution is -2.04. The van der Waals surface area contributed by atoms with Gasteiger partial charge < -0.3 is 4.74 Å². The molecule has 3 rings (SSSR count). The quantitative estimate of drug-likeness (QED) is 0.273. The molecule has 28 heavy (non-hydrogen) atoms. The van der Waals surface area contributed by atoms with E-state index >= 15 is 0 Å². The van der Waals surface area contributed by atoms with Crippen LogP contribution in [0.15, 0.2) is 59.8 Å². The van der Waals surface area contributed by atoms with Crippen molar-refractivity contribution in [2.45, 2.75) is 30.4 Å². The van der Waals surface area contributed by atoms with Gasteiger partial charge in [-0.05, 0) is 36.2 Å². The third-order valence-corrected chi connectivity index (χ3v) is 4.68. The number of aryl methyl sites for hydroxylation is 1. The Morgan fingerprint density at radius 3 is 2.39 bits per heavy atom. The molecule has 0 bridgehead atoms. The molecule has 0 unspecified atom stereocenters. The van der Waals surface area contributed by atoms with Crippen LogP contribution in [-0.2, 0) is 18.3 Å². The van der Waals surface area contributed by atoms with E-state index in [-0.39, 0.29) is 5.88 Å². The summed E-state index contributed by atoms with van der Waals surface area (Å²) in [4.78, 5) is 8.71. The molecular formula is C20H16F4N2OS. The van der Waals surface area contributed by atoms with Crippen LogP contribution >= 0.6 is 11.8 Å². The van der Waals surface area contributed by atoms with Crippen molar-refractivity contribution in [1.82, 2.24) is 9.97 Å². The van der Waals surface area contributed by atoms with Gasteiger partial charge in [0.2, 0.25) is 5.88 Å². The lowest BCUT2D eigenvalue weighted by Gasteiger charge is -2.09. The van der Waals surface area contributed by atoms with E-state index in [4.69, 9.17) is 4.74 Å². The zero-order valence-corrected chi connectivity index (χ0v) is 15.6. The van der Waals surface area contributed by atoms with Crippen LogP contribution in [0.4, 0.5) is 17.6 Å². The van der Waals surface area contributed by atoms with Crippen LogP contribution in [0.5, 0.6) is 11.6 Å². The van der Waals surface area contributed by atoms with Crippen LogP contribution in [0.25, 0.3) is 0 Å². The third-order valence-electron chi connectivity index (χ3n) is 3.77. The zero-order chi connectivity index (χ0) is 20.1. The molecule has 1 heterocycles. The predicted octanol–water partition coefficient (Wildman–Crippen LogP) is 6.28. The molecule has 0 N–H and O–H groups in total. The van der Waals surface area contributed by atoms with E-state index in [1.54, 1.807) is 12.1 Å². The fourth-order valence-corrected chi connectivity index (χ4v) is 3.16. The van der Waals surface area contributed by atoms with Crippen LogP contribution < -0.4 is 4.74 Å². The van der Waals surface area contributed by atoms with Gasteiger partial charge in [-0.15, -0.1) is 0 Å². The minimum Gasteiger partial charge on any atom is -0.439 e. The Hall–Kier alpha value is -2.61. The van der Waals surface area contributed by atoms with E-state index in [0.29, 0.717) is 23.1 Å². The number of rotatable bonds is 6. The third kappa shape index (κ3) is 5.45. The van der Waals surface area contributed by atoms with Gasteiger partial charge >= 0.3 is 6.18 Å². The van der Waals surface area contributed by atoms with Crippen molar-refractivity contribution in [3.63, 3.8) is 0 Å². The molecule has 2 aromatic carbocycles. The lowest BCUT2D eigenvalue weighted by molar-refractivity contribution is -0.137. The summed E-state index contributed by atoms with van der Waals surface area (Å²) in [6.07, 6.45) is -3.71. The Bertz CT molecular complexity index is 946. The molecule has 0 radical (unpaired) electrons. The lowest BCUT2D eigenvalue weighted by atomic mass is 10.1. The summed E-state index contributed by atoms with van der Waals surface area (Å²) in [7, 11) is 0. The molecule has 0 saturated carbocycles. The number of halogens is 4. The summed E-state index contributed by atoms with van der Waals surface area (Å²) in [5.74, 6) is 0.594. The SMILES string of the molecule is CCc1cc(Oc2cccc(F)c2)nc(SCc2ccc(C(F)(F)F)cc2)n1. The summed E-state index contributed by atoms with van der Waals surface area (Å²) >= 11 is 1.29. The molecule has 0 aliphatic heterocycles. The first-order valence-corrected chi connectivity index (χ1v) is 9.42. The highest BCUT2D eigenvalue weighted by Crippen LogP contribution is 2.30. The fraction of sp³-hybridized carbons (Fsp3) is 0.200. The number of aromatic nitrogens is 2. The fourth-order valence-electron chi connectivity index (χ4n) is 2.34. The van der Waals surface area contributed by atoms with Gasteiger partial charge in [0.05, 0.1) is 5.56 Å². The second kappa shape index (κ2) is 8.60. The van der Waals surface area contributed by atoms with Crippen molar-refractivity contribution in [2.24, 2.45) is 0 Å². The molecule has 0 fully saturated rings. The highest BCUT2D eigenvalue weighted by Gasteiger charge is 2.29. The van der Waals surface area contributed by atoms with Crippen LogP contribution in [0.3, 0.4) is 0 Å². The smallest absolute Gasteiger partial charge is 0.416 e. The number of nitrogens with zero attached hydrogens (tertiary/aromatic N) is 2. The summed E-state index contributed by atoms with van der Waals surface area (Å²) in [6, 6.07) is 12.4. The van der Waals surface area contributed by atoms with Crippen molar-refractivity contribution in [3.8, 4) is 11.6 Å². The van der Waals surface area contributed by atoms with Gasteiger partial charge in [0.1, 0.15) is 11.6 Å². The van der Waals surface area contributed by atoms with Crippen molar-refractivity contribution < 1.29 is 22.3 Å². The second-order valence-electron chi connectivity index (χ2n) is 5.88. The van der Waals surface area contributed by atoms with E-state index in [1.807, 2.05) is 6.92 Å². The standard InChI is InChI=1S/C20H16F4N2OS/c1-2-16-11-18(27-17-5-3-4-15(21)10-17)26-19(25-16)28-12-13-6-8-14(9-7-13)20(22,23)24/h3-11H,2,12H2,1H3. The van der Waals surface area contributed by atoms with E-state index in [1.165, 1.54) is 42.1 Å². The maximum absolute atomic E-state index is 13.3. The van der Waals surface area contributed by atoms with E-state index in [0.717, 1.165) is 23.4 Å². The number of hydrogen-bond donors (Lipinski definition) is 0. The van der Waals surface area contributed by atoms with Crippen LogP contribution in [-0.4, -0.2) is 9.97 Å². The van der Waals surface area contributed by atoms with Crippen molar-refractivity contribution in [3.05, 3.63) is 77.2 Å². The maximum Gasteiger partial charge on any atom is 0.416 e. The zero-order valence-electron chi connectivity index (χ0n) is 14.8. The van der Waals surface area contributed by atoms with Gasteiger partial charge in [-0.1, -0.05) is 36.9 Å². The van der Waals surface area contributed by atoms with Crippen molar-refractivity contribution in [1.29, 1.82) is 0 Å². The number of ether oxygens (including phenoxy) is 1. The Kier molecular flexibility index (Phi) is 6.18. The Morgan fingerprint density at radius 1 is 1.00 bits per heavy atom. The summed E-state index contributed by atoms with van der Waals surface area (Å²) < 4.78 is 56.9. The second-order valence-corrected chi connectivity index (χ2v) is 6.82. The largest absolute Gasteiger partial charge is 0.439 e. The van der Waals surface area contributed by atoms with Crippen LogP contribution in [0, 0.1) is 5.82 Å². The molecule has 1 aromatic heterocycles. The molecule has 8 heteroatoms. The number of hydrogen-bond acceptors (Lipinski definition) is 4. The van der Waals surface area contributed by atoms with E-state index in [2.05, 4.69) is 9.97 Å². The summed E-state index contributed by atoms with van der Waals surface area (Å²) in [6.45, 7) is 1.93. The first-order chi connectivity index (χ1) is 13.3. The van der Waals surface area contributed by atoms with Crippen molar-refractivity contribution >= 4 is 11.8 Å². The molecule has 0 atom stereocenters. The van der Waals surface area contributed by atoms with Gasteiger partial charge in [-0.2, -0.15) is 18.2 Å². The van der Waals surface area contributed by atoms with Gasteiger partial charge in [0, 0.05) is 23.6 Å². The number of alkyl halides is 3. The molecule has 3 aromatic rings. The van der Waals surface area contributed by atoms with Gasteiger partial charge in [0.25, 0.3) is 0 Å². The number of benzene rings is 2. The Balaban J connectivity index is 1.73. The number of thioether (sulfide) groups is 1. The monoisotopic (exact) mass is 408 g/mol. The van der Waals surface area contributed by atoms with Gasteiger partial charge in [-0.3, -0.25) is 0 Å². The first-order valence-electron chi connectivity index (χ1n) is 8.44. The van der Waals surface area contributed by atoms with Gasteiger partial charge in [-0.25, -0.2) is 9.37 Å². The topological polar surface area (TPSA) is 35.0 Å². The average Bonchev–Trinajstić information content (AvgIpc) is 2.66. The minimum atomic E-state index is -4.35. The molecule has 0 amide bonds.